The van der Waals surface area contributed by atoms with Crippen LogP contribution in [0.25, 0.3) is 0 Å². The second kappa shape index (κ2) is 9.61. The van der Waals surface area contributed by atoms with E-state index in [0.29, 0.717) is 19.3 Å². The maximum Gasteiger partial charge on any atom is 0.408 e. The van der Waals surface area contributed by atoms with E-state index in [1.54, 1.807) is 20.8 Å². The number of ether oxygens (including phenoxy) is 2. The van der Waals surface area contributed by atoms with Gasteiger partial charge in [-0.15, -0.1) is 0 Å². The van der Waals surface area contributed by atoms with Crippen molar-refractivity contribution in [3.8, 4) is 11.8 Å². The highest BCUT2D eigenvalue weighted by Crippen LogP contribution is 2.09. The van der Waals surface area contributed by atoms with E-state index in [2.05, 4.69) is 17.2 Å². The van der Waals surface area contributed by atoms with Gasteiger partial charge in [0.15, 0.2) is 0 Å². The summed E-state index contributed by atoms with van der Waals surface area (Å²) in [6.45, 7) is 5.29. The summed E-state index contributed by atoms with van der Waals surface area (Å²) in [6.07, 6.45) is 1.09. The number of hydrogen-bond acceptors (Lipinski definition) is 4. The van der Waals surface area contributed by atoms with Gasteiger partial charge in [-0.25, -0.2) is 9.59 Å². The lowest BCUT2D eigenvalue weighted by atomic mass is 10.1. The van der Waals surface area contributed by atoms with E-state index < -0.39 is 23.7 Å². The SMILES string of the molecule is COC(=O)[C@H](CCCC#Cc1ccccc1)NC(=O)OC(C)(C)C. The highest BCUT2D eigenvalue weighted by Gasteiger charge is 2.24. The van der Waals surface area contributed by atoms with Crippen molar-refractivity contribution in [1.29, 1.82) is 0 Å². The summed E-state index contributed by atoms with van der Waals surface area (Å²) in [7, 11) is 1.29. The Balaban J connectivity index is 2.48. The van der Waals surface area contributed by atoms with Crippen molar-refractivity contribution in [1.82, 2.24) is 5.32 Å². The molecule has 1 aromatic rings. The first-order valence-electron chi connectivity index (χ1n) is 7.93. The van der Waals surface area contributed by atoms with Crippen LogP contribution in [0, 0.1) is 11.8 Å². The van der Waals surface area contributed by atoms with Gasteiger partial charge in [-0.1, -0.05) is 30.0 Å². The first kappa shape index (κ1) is 19.6. The molecule has 5 heteroatoms. The first-order valence-corrected chi connectivity index (χ1v) is 7.93. The molecule has 0 saturated carbocycles. The Morgan fingerprint density at radius 1 is 1.21 bits per heavy atom. The zero-order chi connectivity index (χ0) is 18.0. The zero-order valence-electron chi connectivity index (χ0n) is 14.7. The van der Waals surface area contributed by atoms with Gasteiger partial charge in [0.25, 0.3) is 0 Å². The number of benzene rings is 1. The Labute approximate surface area is 143 Å². The minimum absolute atomic E-state index is 0.440. The maximum atomic E-state index is 11.8. The molecule has 0 aliphatic carbocycles. The topological polar surface area (TPSA) is 64.6 Å². The monoisotopic (exact) mass is 331 g/mol. The molecule has 0 spiro atoms. The van der Waals surface area contributed by atoms with Gasteiger partial charge in [-0.3, -0.25) is 0 Å². The average Bonchev–Trinajstić information content (AvgIpc) is 2.52. The molecular weight excluding hydrogens is 306 g/mol. The van der Waals surface area contributed by atoms with Gasteiger partial charge in [-0.05, 0) is 45.7 Å². The molecule has 0 aliphatic rings. The molecule has 24 heavy (non-hydrogen) atoms. The summed E-state index contributed by atoms with van der Waals surface area (Å²) < 4.78 is 9.89. The predicted octanol–water partition coefficient (Wildman–Crippen LogP) is 3.27. The van der Waals surface area contributed by atoms with Crippen LogP contribution in [0.2, 0.25) is 0 Å². The summed E-state index contributed by atoms with van der Waals surface area (Å²) in [6, 6.07) is 8.95. The van der Waals surface area contributed by atoms with Crippen molar-refractivity contribution in [3.63, 3.8) is 0 Å². The number of carbonyl (C=O) groups excluding carboxylic acids is 2. The number of amides is 1. The van der Waals surface area contributed by atoms with E-state index in [1.807, 2.05) is 30.3 Å². The molecule has 0 heterocycles. The summed E-state index contributed by atoms with van der Waals surface area (Å²) >= 11 is 0. The molecule has 1 rings (SSSR count). The van der Waals surface area contributed by atoms with Crippen LogP contribution in [0.5, 0.6) is 0 Å². The molecule has 0 unspecified atom stereocenters. The van der Waals surface area contributed by atoms with E-state index in [0.717, 1.165) is 5.56 Å². The second-order valence-electron chi connectivity index (χ2n) is 6.28. The molecule has 1 aromatic carbocycles. The lowest BCUT2D eigenvalue weighted by molar-refractivity contribution is -0.143. The zero-order valence-corrected chi connectivity index (χ0v) is 14.7. The van der Waals surface area contributed by atoms with E-state index in [9.17, 15) is 9.59 Å². The van der Waals surface area contributed by atoms with E-state index in [1.165, 1.54) is 7.11 Å². The first-order chi connectivity index (χ1) is 11.3. The lowest BCUT2D eigenvalue weighted by Gasteiger charge is -2.22. The molecule has 1 N–H and O–H groups in total. The smallest absolute Gasteiger partial charge is 0.408 e. The van der Waals surface area contributed by atoms with Gasteiger partial charge in [-0.2, -0.15) is 0 Å². The Kier molecular flexibility index (Phi) is 7.84. The number of hydrogen-bond donors (Lipinski definition) is 1. The van der Waals surface area contributed by atoms with Gasteiger partial charge >= 0.3 is 12.1 Å². The van der Waals surface area contributed by atoms with Crippen LogP contribution in [0.3, 0.4) is 0 Å². The van der Waals surface area contributed by atoms with Crippen LogP contribution in [-0.2, 0) is 14.3 Å². The van der Waals surface area contributed by atoms with Crippen LogP contribution in [0.1, 0.15) is 45.6 Å². The number of esters is 1. The number of nitrogens with one attached hydrogen (secondary N) is 1. The molecule has 0 aromatic heterocycles. The van der Waals surface area contributed by atoms with Gasteiger partial charge in [0.2, 0.25) is 0 Å². The highest BCUT2D eigenvalue weighted by molar-refractivity contribution is 5.81. The van der Waals surface area contributed by atoms with Crippen LogP contribution in [0.4, 0.5) is 4.79 Å². The summed E-state index contributed by atoms with van der Waals surface area (Å²) in [5.74, 6) is 5.63. The minimum Gasteiger partial charge on any atom is -0.467 e. The summed E-state index contributed by atoms with van der Waals surface area (Å²) in [5.41, 5.74) is 0.334. The fourth-order valence-corrected chi connectivity index (χ4v) is 1.92. The third-order valence-corrected chi connectivity index (χ3v) is 2.98. The molecule has 1 amide bonds. The largest absolute Gasteiger partial charge is 0.467 e. The molecule has 130 valence electrons. The van der Waals surface area contributed by atoms with Crippen LogP contribution < -0.4 is 5.32 Å². The van der Waals surface area contributed by atoms with Gasteiger partial charge in [0, 0.05) is 12.0 Å². The predicted molar refractivity (Wildman–Crippen MR) is 92.3 cm³/mol. The second-order valence-corrected chi connectivity index (χ2v) is 6.28. The van der Waals surface area contributed by atoms with Crippen LogP contribution in [0.15, 0.2) is 30.3 Å². The molecular formula is C19H25NO4. The van der Waals surface area contributed by atoms with Gasteiger partial charge in [0.05, 0.1) is 7.11 Å². The van der Waals surface area contributed by atoms with Crippen molar-refractivity contribution in [2.75, 3.05) is 7.11 Å². The number of unbranched alkanes of at least 4 members (excludes halogenated alkanes) is 1. The third kappa shape index (κ3) is 8.23. The third-order valence-electron chi connectivity index (χ3n) is 2.98. The Bertz CT molecular complexity index is 593. The molecule has 0 fully saturated rings. The van der Waals surface area contributed by atoms with Crippen molar-refractivity contribution in [3.05, 3.63) is 35.9 Å². The highest BCUT2D eigenvalue weighted by atomic mass is 16.6. The van der Waals surface area contributed by atoms with Crippen molar-refractivity contribution >= 4 is 12.1 Å². The van der Waals surface area contributed by atoms with Crippen molar-refractivity contribution < 1.29 is 19.1 Å². The molecule has 0 radical (unpaired) electrons. The normalized spacial score (nSPS) is 11.7. The van der Waals surface area contributed by atoms with Gasteiger partial charge < -0.3 is 14.8 Å². The number of carbonyl (C=O) groups is 2. The number of alkyl carbamates (subject to hydrolysis) is 1. The van der Waals surface area contributed by atoms with Crippen molar-refractivity contribution in [2.24, 2.45) is 0 Å². The van der Waals surface area contributed by atoms with Crippen LogP contribution in [-0.4, -0.2) is 30.8 Å². The van der Waals surface area contributed by atoms with E-state index in [-0.39, 0.29) is 0 Å². The molecule has 1 atom stereocenters. The fraction of sp³-hybridized carbons (Fsp3) is 0.474. The van der Waals surface area contributed by atoms with Gasteiger partial charge in [0.1, 0.15) is 11.6 Å². The molecule has 5 nitrogen and oxygen atoms in total. The standard InChI is InChI=1S/C19H25NO4/c1-19(2,3)24-18(22)20-16(17(21)23-4)14-10-6-9-13-15-11-7-5-8-12-15/h5,7-8,11-12,16H,6,10,14H2,1-4H3,(H,20,22)/t16-/m0/s1. The summed E-state index contributed by atoms with van der Waals surface area (Å²) in [4.78, 5) is 23.6. The Hall–Kier alpha value is -2.48. The number of methoxy groups -OCH3 is 1. The minimum atomic E-state index is -0.733. The van der Waals surface area contributed by atoms with Crippen LogP contribution >= 0.6 is 0 Å². The quantitative estimate of drug-likeness (QED) is 0.511. The molecule has 0 saturated heterocycles. The average molecular weight is 331 g/mol. The molecule has 0 aliphatic heterocycles. The van der Waals surface area contributed by atoms with E-state index in [4.69, 9.17) is 9.47 Å². The summed E-state index contributed by atoms with van der Waals surface area (Å²) in [5, 5.41) is 2.55. The maximum absolute atomic E-state index is 11.8. The van der Waals surface area contributed by atoms with E-state index >= 15 is 0 Å². The molecule has 0 bridgehead atoms. The number of rotatable bonds is 5. The Morgan fingerprint density at radius 2 is 1.88 bits per heavy atom. The lowest BCUT2D eigenvalue weighted by Crippen LogP contribution is -2.44. The Morgan fingerprint density at radius 3 is 2.46 bits per heavy atom. The fourth-order valence-electron chi connectivity index (χ4n) is 1.92. The van der Waals surface area contributed by atoms with Crippen molar-refractivity contribution in [2.45, 2.75) is 51.7 Å².